The summed E-state index contributed by atoms with van der Waals surface area (Å²) < 4.78 is 7.14. The summed E-state index contributed by atoms with van der Waals surface area (Å²) >= 11 is 5.83. The molecule has 0 radical (unpaired) electrons. The molecule has 1 aliphatic heterocycles. The Kier molecular flexibility index (Phi) is 6.72. The lowest BCUT2D eigenvalue weighted by atomic mass is 9.98. The van der Waals surface area contributed by atoms with Crippen molar-refractivity contribution in [2.45, 2.75) is 45.3 Å². The second kappa shape index (κ2) is 9.56. The van der Waals surface area contributed by atoms with E-state index in [0.717, 1.165) is 28.2 Å². The van der Waals surface area contributed by atoms with E-state index < -0.39 is 0 Å². The lowest BCUT2D eigenvalue weighted by Gasteiger charge is -2.28. The van der Waals surface area contributed by atoms with Crippen molar-refractivity contribution in [3.05, 3.63) is 77.9 Å². The van der Waals surface area contributed by atoms with Crippen molar-refractivity contribution in [2.24, 2.45) is 0 Å². The number of benzene rings is 1. The molecular weight excluding hydrogens is 446 g/mol. The van der Waals surface area contributed by atoms with Crippen molar-refractivity contribution in [1.29, 1.82) is 0 Å². The molecule has 1 aromatic carbocycles. The van der Waals surface area contributed by atoms with Gasteiger partial charge < -0.3 is 24.8 Å². The van der Waals surface area contributed by atoms with Gasteiger partial charge in [0.2, 0.25) is 5.91 Å². The van der Waals surface area contributed by atoms with Gasteiger partial charge in [0.25, 0.3) is 0 Å². The molecule has 1 amide bonds. The van der Waals surface area contributed by atoms with Gasteiger partial charge >= 0.3 is 0 Å². The van der Waals surface area contributed by atoms with Gasteiger partial charge in [-0.3, -0.25) is 9.78 Å². The molecule has 7 nitrogen and oxygen atoms in total. The second-order valence-electron chi connectivity index (χ2n) is 9.50. The first-order chi connectivity index (χ1) is 16.2. The van der Waals surface area contributed by atoms with Gasteiger partial charge in [0.05, 0.1) is 17.8 Å². The first-order valence-electron chi connectivity index (χ1n) is 11.3. The summed E-state index contributed by atoms with van der Waals surface area (Å²) in [4.78, 5) is 18.8. The third-order valence-corrected chi connectivity index (χ3v) is 6.28. The SMILES string of the molecule is COCC(=O)Nc1ccc(N2C(=S)N[C@@H](c3ccccn3)[C@@H]2c2ccn(C(C)(C)C)c2)cc1C. The topological polar surface area (TPSA) is 71.4 Å². The van der Waals surface area contributed by atoms with Crippen molar-refractivity contribution in [3.8, 4) is 0 Å². The van der Waals surface area contributed by atoms with Crippen LogP contribution in [0.1, 0.15) is 49.7 Å². The molecule has 8 heteroatoms. The Morgan fingerprint density at radius 3 is 2.65 bits per heavy atom. The predicted molar refractivity (Wildman–Crippen MR) is 139 cm³/mol. The van der Waals surface area contributed by atoms with Gasteiger partial charge in [-0.15, -0.1) is 0 Å². The van der Waals surface area contributed by atoms with Crippen LogP contribution in [0.15, 0.2) is 61.1 Å². The molecule has 34 heavy (non-hydrogen) atoms. The number of aromatic nitrogens is 2. The van der Waals surface area contributed by atoms with E-state index in [9.17, 15) is 4.79 Å². The van der Waals surface area contributed by atoms with Gasteiger partial charge in [-0.25, -0.2) is 0 Å². The number of carbonyl (C=O) groups excluding carboxylic acids is 1. The number of amides is 1. The number of nitrogens with one attached hydrogen (secondary N) is 2. The third-order valence-electron chi connectivity index (χ3n) is 5.97. The van der Waals surface area contributed by atoms with Crippen LogP contribution in [-0.4, -0.2) is 34.3 Å². The number of carbonyl (C=O) groups is 1. The van der Waals surface area contributed by atoms with Crippen molar-refractivity contribution in [3.63, 3.8) is 0 Å². The lowest BCUT2D eigenvalue weighted by Crippen LogP contribution is -2.29. The summed E-state index contributed by atoms with van der Waals surface area (Å²) in [7, 11) is 1.50. The number of anilines is 2. The summed E-state index contributed by atoms with van der Waals surface area (Å²) in [5.74, 6) is -0.187. The van der Waals surface area contributed by atoms with Gasteiger partial charge in [0.15, 0.2) is 5.11 Å². The number of ether oxygens (including phenoxy) is 1. The molecule has 178 valence electrons. The number of rotatable bonds is 6. The molecular formula is C26H31N5O2S. The van der Waals surface area contributed by atoms with E-state index in [0.29, 0.717) is 5.11 Å². The lowest BCUT2D eigenvalue weighted by molar-refractivity contribution is -0.119. The first-order valence-corrected chi connectivity index (χ1v) is 11.7. The Hall–Kier alpha value is -3.23. The minimum absolute atomic E-state index is 0.0138. The third kappa shape index (κ3) is 4.83. The van der Waals surface area contributed by atoms with Gasteiger partial charge in [0, 0.05) is 42.6 Å². The molecule has 0 bridgehead atoms. The molecule has 4 rings (SSSR count). The smallest absolute Gasteiger partial charge is 0.250 e. The van der Waals surface area contributed by atoms with Crippen molar-refractivity contribution >= 4 is 34.6 Å². The monoisotopic (exact) mass is 477 g/mol. The summed E-state index contributed by atoms with van der Waals surface area (Å²) in [5, 5.41) is 7.03. The van der Waals surface area contributed by atoms with E-state index in [2.05, 4.69) is 64.3 Å². The van der Waals surface area contributed by atoms with E-state index >= 15 is 0 Å². The molecule has 2 atom stereocenters. The van der Waals surface area contributed by atoms with E-state index in [1.807, 2.05) is 49.5 Å². The highest BCUT2D eigenvalue weighted by Crippen LogP contribution is 2.42. The van der Waals surface area contributed by atoms with E-state index in [4.69, 9.17) is 17.0 Å². The number of hydrogen-bond donors (Lipinski definition) is 2. The van der Waals surface area contributed by atoms with Crippen LogP contribution in [0.5, 0.6) is 0 Å². The van der Waals surface area contributed by atoms with Crippen molar-refractivity contribution < 1.29 is 9.53 Å². The van der Waals surface area contributed by atoms with E-state index in [1.54, 1.807) is 0 Å². The van der Waals surface area contributed by atoms with Gasteiger partial charge in [0.1, 0.15) is 6.61 Å². The number of thiocarbonyl (C=S) groups is 1. The van der Waals surface area contributed by atoms with Crippen LogP contribution in [0.4, 0.5) is 11.4 Å². The maximum atomic E-state index is 12.0. The average Bonchev–Trinajstić information content (AvgIpc) is 3.41. The molecule has 1 aliphatic rings. The molecule has 2 aromatic heterocycles. The highest BCUT2D eigenvalue weighted by Gasteiger charge is 2.41. The maximum Gasteiger partial charge on any atom is 0.250 e. The standard InChI is InChI=1S/C26H31N5O2S/c1-17-14-19(9-10-20(17)28-22(32)16-33-5)31-24(18-11-13-30(15-18)26(2,3)4)23(29-25(31)34)21-8-6-7-12-27-21/h6-15,23-24H,16H2,1-5H3,(H,28,32)(H,29,34)/t23-,24-/m0/s1. The molecule has 3 heterocycles. The summed E-state index contributed by atoms with van der Waals surface area (Å²) in [6, 6.07) is 13.8. The summed E-state index contributed by atoms with van der Waals surface area (Å²) in [6.07, 6.45) is 6.11. The van der Waals surface area contributed by atoms with Gasteiger partial charge in [-0.05, 0) is 87.4 Å². The molecule has 0 aliphatic carbocycles. The number of hydrogen-bond acceptors (Lipinski definition) is 4. The molecule has 0 spiro atoms. The fourth-order valence-corrected chi connectivity index (χ4v) is 4.58. The minimum atomic E-state index is -0.187. The van der Waals surface area contributed by atoms with Crippen molar-refractivity contribution in [2.75, 3.05) is 23.9 Å². The first kappa shape index (κ1) is 23.9. The predicted octanol–water partition coefficient (Wildman–Crippen LogP) is 4.71. The minimum Gasteiger partial charge on any atom is -0.375 e. The van der Waals surface area contributed by atoms with E-state index in [1.165, 1.54) is 7.11 Å². The summed E-state index contributed by atoms with van der Waals surface area (Å²) in [5.41, 5.74) is 4.69. The molecule has 3 aromatic rings. The molecule has 2 N–H and O–H groups in total. The van der Waals surface area contributed by atoms with Crippen LogP contribution in [0, 0.1) is 6.92 Å². The quantitative estimate of drug-likeness (QED) is 0.501. The van der Waals surface area contributed by atoms with Crippen LogP contribution in [0.25, 0.3) is 0 Å². The number of aryl methyl sites for hydroxylation is 1. The van der Waals surface area contributed by atoms with Crippen molar-refractivity contribution in [1.82, 2.24) is 14.9 Å². The normalized spacial score (nSPS) is 18.1. The van der Waals surface area contributed by atoms with E-state index in [-0.39, 0.29) is 30.1 Å². The van der Waals surface area contributed by atoms with Crippen LogP contribution >= 0.6 is 12.2 Å². The Bertz CT molecular complexity index is 1190. The molecule has 1 fully saturated rings. The van der Waals surface area contributed by atoms with Gasteiger partial charge in [-0.1, -0.05) is 6.07 Å². The number of pyridine rings is 1. The maximum absolute atomic E-state index is 12.0. The molecule has 0 unspecified atom stereocenters. The van der Waals surface area contributed by atoms with Crippen LogP contribution in [0.3, 0.4) is 0 Å². The Labute approximate surface area is 206 Å². The zero-order chi connectivity index (χ0) is 24.5. The number of methoxy groups -OCH3 is 1. The Morgan fingerprint density at radius 1 is 1.24 bits per heavy atom. The fraction of sp³-hybridized carbons (Fsp3) is 0.346. The highest BCUT2D eigenvalue weighted by molar-refractivity contribution is 7.80. The highest BCUT2D eigenvalue weighted by atomic mass is 32.1. The largest absolute Gasteiger partial charge is 0.375 e. The van der Waals surface area contributed by atoms with Crippen LogP contribution in [-0.2, 0) is 15.1 Å². The zero-order valence-electron chi connectivity index (χ0n) is 20.2. The average molecular weight is 478 g/mol. The fourth-order valence-electron chi connectivity index (χ4n) is 4.23. The number of nitrogens with zero attached hydrogens (tertiary/aromatic N) is 3. The van der Waals surface area contributed by atoms with Crippen LogP contribution < -0.4 is 15.5 Å². The Morgan fingerprint density at radius 2 is 2.03 bits per heavy atom. The molecule has 0 saturated carbocycles. The zero-order valence-corrected chi connectivity index (χ0v) is 21.0. The van der Waals surface area contributed by atoms with Crippen LogP contribution in [0.2, 0.25) is 0 Å². The summed E-state index contributed by atoms with van der Waals surface area (Å²) in [6.45, 7) is 8.53. The molecule has 1 saturated heterocycles. The van der Waals surface area contributed by atoms with Gasteiger partial charge in [-0.2, -0.15) is 0 Å². The Balaban J connectivity index is 1.74. The second-order valence-corrected chi connectivity index (χ2v) is 9.89.